The van der Waals surface area contributed by atoms with Crippen molar-refractivity contribution in [3.63, 3.8) is 0 Å². The third-order valence-corrected chi connectivity index (χ3v) is 4.69. The van der Waals surface area contributed by atoms with Crippen LogP contribution in [0.3, 0.4) is 0 Å². The summed E-state index contributed by atoms with van der Waals surface area (Å²) in [6.07, 6.45) is 1.45. The van der Waals surface area contributed by atoms with Crippen molar-refractivity contribution < 1.29 is 9.90 Å². The lowest BCUT2D eigenvalue weighted by atomic mass is 10.1. The average molecular weight is 366 g/mol. The molecule has 6 heteroatoms. The van der Waals surface area contributed by atoms with Gasteiger partial charge in [-0.25, -0.2) is 5.43 Å². The van der Waals surface area contributed by atoms with Crippen LogP contribution >= 0.6 is 0 Å². The number of piperazine rings is 1. The highest BCUT2D eigenvalue weighted by Crippen LogP contribution is 2.12. The topological polar surface area (TPSA) is 68.2 Å². The van der Waals surface area contributed by atoms with Crippen molar-refractivity contribution in [2.45, 2.75) is 13.5 Å². The maximum atomic E-state index is 12.0. The molecule has 1 amide bonds. The molecule has 0 bridgehead atoms. The molecule has 27 heavy (non-hydrogen) atoms. The Bertz CT molecular complexity index is 781. The zero-order valence-corrected chi connectivity index (χ0v) is 15.6. The number of benzene rings is 2. The zero-order chi connectivity index (χ0) is 19.1. The van der Waals surface area contributed by atoms with Crippen molar-refractivity contribution in [2.75, 3.05) is 32.7 Å². The second-order valence-electron chi connectivity index (χ2n) is 6.89. The summed E-state index contributed by atoms with van der Waals surface area (Å²) in [5, 5.41) is 13.6. The summed E-state index contributed by atoms with van der Waals surface area (Å²) in [5.41, 5.74) is 5.70. The van der Waals surface area contributed by atoms with Gasteiger partial charge in [-0.1, -0.05) is 42.0 Å². The molecule has 1 heterocycles. The smallest absolute Gasteiger partial charge is 0.254 e. The summed E-state index contributed by atoms with van der Waals surface area (Å²) >= 11 is 0. The molecule has 0 saturated carbocycles. The minimum Gasteiger partial charge on any atom is -0.507 e. The molecule has 0 unspecified atom stereocenters. The average Bonchev–Trinajstić information content (AvgIpc) is 2.67. The Labute approximate surface area is 160 Å². The van der Waals surface area contributed by atoms with Crippen LogP contribution in [0.25, 0.3) is 0 Å². The third-order valence-electron chi connectivity index (χ3n) is 4.69. The van der Waals surface area contributed by atoms with Gasteiger partial charge in [0, 0.05) is 38.3 Å². The van der Waals surface area contributed by atoms with Gasteiger partial charge in [-0.3, -0.25) is 14.6 Å². The number of aryl methyl sites for hydroxylation is 1. The number of carbonyl (C=O) groups excluding carboxylic acids is 1. The number of aromatic hydroxyl groups is 1. The molecule has 142 valence electrons. The Morgan fingerprint density at radius 2 is 1.74 bits per heavy atom. The van der Waals surface area contributed by atoms with E-state index in [2.05, 4.69) is 51.5 Å². The predicted molar refractivity (Wildman–Crippen MR) is 107 cm³/mol. The van der Waals surface area contributed by atoms with Gasteiger partial charge >= 0.3 is 0 Å². The third kappa shape index (κ3) is 5.91. The number of phenolic OH excluding ortho intramolecular Hbond substituents is 1. The second-order valence-corrected chi connectivity index (χ2v) is 6.89. The first kappa shape index (κ1) is 19.1. The van der Waals surface area contributed by atoms with E-state index in [-0.39, 0.29) is 11.7 Å². The quantitative estimate of drug-likeness (QED) is 0.606. The minimum absolute atomic E-state index is 0.139. The number of para-hydroxylation sites is 1. The van der Waals surface area contributed by atoms with Crippen molar-refractivity contribution in [2.24, 2.45) is 5.10 Å². The highest BCUT2D eigenvalue weighted by atomic mass is 16.3. The molecule has 0 atom stereocenters. The van der Waals surface area contributed by atoms with E-state index in [0.29, 0.717) is 12.1 Å². The number of rotatable bonds is 6. The van der Waals surface area contributed by atoms with E-state index in [1.54, 1.807) is 24.3 Å². The number of phenols is 1. The molecule has 0 spiro atoms. The summed E-state index contributed by atoms with van der Waals surface area (Å²) in [6, 6.07) is 15.5. The lowest BCUT2D eigenvalue weighted by molar-refractivity contribution is -0.122. The molecule has 3 rings (SSSR count). The number of nitrogens with zero attached hydrogens (tertiary/aromatic N) is 3. The van der Waals surface area contributed by atoms with Gasteiger partial charge in [0.2, 0.25) is 0 Å². The van der Waals surface area contributed by atoms with E-state index in [0.717, 1.165) is 32.7 Å². The predicted octanol–water partition coefficient (Wildman–Crippen LogP) is 1.97. The highest BCUT2D eigenvalue weighted by molar-refractivity contribution is 5.85. The highest BCUT2D eigenvalue weighted by Gasteiger charge is 2.18. The van der Waals surface area contributed by atoms with Gasteiger partial charge in [0.15, 0.2) is 0 Å². The lowest BCUT2D eigenvalue weighted by Crippen LogP contribution is -2.48. The molecule has 0 aromatic heterocycles. The maximum absolute atomic E-state index is 12.0. The monoisotopic (exact) mass is 366 g/mol. The first-order chi connectivity index (χ1) is 13.1. The number of amides is 1. The Morgan fingerprint density at radius 1 is 1.07 bits per heavy atom. The molecule has 2 aromatic carbocycles. The van der Waals surface area contributed by atoms with Crippen molar-refractivity contribution in [3.8, 4) is 5.75 Å². The van der Waals surface area contributed by atoms with Crippen LogP contribution in [0.5, 0.6) is 5.75 Å². The van der Waals surface area contributed by atoms with Crippen LogP contribution in [0.4, 0.5) is 0 Å². The fraction of sp³-hybridized carbons (Fsp3) is 0.333. The number of carbonyl (C=O) groups is 1. The maximum Gasteiger partial charge on any atom is 0.254 e. The van der Waals surface area contributed by atoms with Crippen molar-refractivity contribution in [1.29, 1.82) is 0 Å². The normalized spacial score (nSPS) is 15.9. The van der Waals surface area contributed by atoms with Gasteiger partial charge in [0.25, 0.3) is 5.91 Å². The molecule has 0 radical (unpaired) electrons. The first-order valence-corrected chi connectivity index (χ1v) is 9.20. The van der Waals surface area contributed by atoms with Crippen LogP contribution < -0.4 is 5.43 Å². The fourth-order valence-electron chi connectivity index (χ4n) is 3.07. The van der Waals surface area contributed by atoms with E-state index in [1.165, 1.54) is 17.3 Å². The number of hydrogen-bond acceptors (Lipinski definition) is 5. The van der Waals surface area contributed by atoms with Crippen molar-refractivity contribution >= 4 is 12.1 Å². The van der Waals surface area contributed by atoms with E-state index in [9.17, 15) is 9.90 Å². The van der Waals surface area contributed by atoms with Crippen LogP contribution in [-0.2, 0) is 11.3 Å². The van der Waals surface area contributed by atoms with Crippen LogP contribution in [0.1, 0.15) is 16.7 Å². The lowest BCUT2D eigenvalue weighted by Gasteiger charge is -2.34. The number of hydrazone groups is 1. The van der Waals surface area contributed by atoms with E-state index in [1.807, 2.05) is 0 Å². The molecule has 6 nitrogen and oxygen atoms in total. The molecular formula is C21H26N4O2. The summed E-state index contributed by atoms with van der Waals surface area (Å²) in [4.78, 5) is 16.6. The first-order valence-electron chi connectivity index (χ1n) is 9.20. The minimum atomic E-state index is -0.145. The Morgan fingerprint density at radius 3 is 2.44 bits per heavy atom. The molecule has 1 aliphatic rings. The molecule has 2 N–H and O–H groups in total. The van der Waals surface area contributed by atoms with E-state index < -0.39 is 0 Å². The van der Waals surface area contributed by atoms with Crippen LogP contribution in [0.15, 0.2) is 53.6 Å². The van der Waals surface area contributed by atoms with Gasteiger partial charge in [0.1, 0.15) is 5.75 Å². The molecule has 1 saturated heterocycles. The summed E-state index contributed by atoms with van der Waals surface area (Å²) in [7, 11) is 0. The fourth-order valence-corrected chi connectivity index (χ4v) is 3.07. The molecule has 1 fully saturated rings. The van der Waals surface area contributed by atoms with E-state index >= 15 is 0 Å². The van der Waals surface area contributed by atoms with Crippen LogP contribution in [0.2, 0.25) is 0 Å². The largest absolute Gasteiger partial charge is 0.507 e. The second kappa shape index (κ2) is 9.30. The van der Waals surface area contributed by atoms with Crippen LogP contribution in [-0.4, -0.2) is 59.8 Å². The van der Waals surface area contributed by atoms with Crippen molar-refractivity contribution in [3.05, 3.63) is 65.2 Å². The van der Waals surface area contributed by atoms with Gasteiger partial charge in [0.05, 0.1) is 12.8 Å². The van der Waals surface area contributed by atoms with Gasteiger partial charge < -0.3 is 5.11 Å². The molecule has 0 aliphatic carbocycles. The summed E-state index contributed by atoms with van der Waals surface area (Å²) in [5.74, 6) is -0.00569. The Hall–Kier alpha value is -2.70. The summed E-state index contributed by atoms with van der Waals surface area (Å²) in [6.45, 7) is 7.00. The van der Waals surface area contributed by atoms with Crippen LogP contribution in [0, 0.1) is 6.92 Å². The van der Waals surface area contributed by atoms with E-state index in [4.69, 9.17) is 0 Å². The SMILES string of the molecule is Cc1ccc(CN2CCN(CC(=O)N/N=C/c3ccccc3O)CC2)cc1. The molecule has 2 aromatic rings. The Kier molecular flexibility index (Phi) is 6.57. The number of nitrogens with one attached hydrogen (secondary N) is 1. The number of hydrogen-bond donors (Lipinski definition) is 2. The summed E-state index contributed by atoms with van der Waals surface area (Å²) < 4.78 is 0. The standard InChI is InChI=1S/C21H26N4O2/c1-17-6-8-18(9-7-17)15-24-10-12-25(13-11-24)16-21(27)23-22-14-19-4-2-3-5-20(19)26/h2-9,14,26H,10-13,15-16H2,1H3,(H,23,27)/b22-14+. The van der Waals surface area contributed by atoms with Gasteiger partial charge in [-0.05, 0) is 24.6 Å². The van der Waals surface area contributed by atoms with Gasteiger partial charge in [-0.15, -0.1) is 0 Å². The Balaban J connectivity index is 1.39. The molecule has 1 aliphatic heterocycles. The van der Waals surface area contributed by atoms with Crippen molar-refractivity contribution in [1.82, 2.24) is 15.2 Å². The zero-order valence-electron chi connectivity index (χ0n) is 15.6. The molecular weight excluding hydrogens is 340 g/mol. The van der Waals surface area contributed by atoms with Gasteiger partial charge in [-0.2, -0.15) is 5.10 Å².